The minimum absolute atomic E-state index is 0.00824. The van der Waals surface area contributed by atoms with Crippen LogP contribution in [0, 0.1) is 6.92 Å². The third kappa shape index (κ3) is 2.48. The van der Waals surface area contributed by atoms with Gasteiger partial charge in [-0.15, -0.1) is 5.10 Å². The summed E-state index contributed by atoms with van der Waals surface area (Å²) in [6, 6.07) is 10.8. The van der Waals surface area contributed by atoms with Crippen molar-refractivity contribution in [3.8, 4) is 5.88 Å². The third-order valence-electron chi connectivity index (χ3n) is 2.13. The van der Waals surface area contributed by atoms with Crippen LogP contribution in [0.3, 0.4) is 0 Å². The Labute approximate surface area is 93.3 Å². The van der Waals surface area contributed by atoms with Gasteiger partial charge in [0, 0.05) is 17.3 Å². The number of hydrogen-bond acceptors (Lipinski definition) is 3. The van der Waals surface area contributed by atoms with Gasteiger partial charge in [-0.2, -0.15) is 0 Å². The summed E-state index contributed by atoms with van der Waals surface area (Å²) in [5.41, 5.74) is 1.55. The van der Waals surface area contributed by atoms with E-state index in [2.05, 4.69) is 10.2 Å². The number of carbonyl (C=O) groups excluding carboxylic acids is 1. The van der Waals surface area contributed by atoms with Crippen LogP contribution in [0.4, 0.5) is 0 Å². The molecule has 0 fully saturated rings. The van der Waals surface area contributed by atoms with Crippen LogP contribution >= 0.6 is 0 Å². The second-order valence-corrected chi connectivity index (χ2v) is 3.47. The summed E-state index contributed by atoms with van der Waals surface area (Å²) < 4.78 is 5.25. The maximum absolute atomic E-state index is 11.7. The lowest BCUT2D eigenvalue weighted by atomic mass is 10.1. The van der Waals surface area contributed by atoms with Gasteiger partial charge in [0.15, 0.2) is 12.4 Å². The number of H-pyrrole nitrogens is 1. The molecular weight excluding hydrogens is 204 g/mol. The fourth-order valence-corrected chi connectivity index (χ4v) is 1.31. The standard InChI is InChI=1S/C12H12N2O2/c1-9-7-12(14-13-9)16-8-11(15)10-5-3-2-4-6-10/h2-7H,8H2,1H3,(H,13,14). The second kappa shape index (κ2) is 4.61. The highest BCUT2D eigenvalue weighted by Gasteiger charge is 2.06. The molecule has 0 amide bonds. The fourth-order valence-electron chi connectivity index (χ4n) is 1.31. The molecule has 0 aliphatic heterocycles. The Balaban J connectivity index is 1.94. The number of hydrogen-bond donors (Lipinski definition) is 1. The molecule has 1 heterocycles. The van der Waals surface area contributed by atoms with Gasteiger partial charge in [-0.25, -0.2) is 0 Å². The zero-order chi connectivity index (χ0) is 11.4. The molecule has 0 aliphatic rings. The van der Waals surface area contributed by atoms with E-state index in [0.29, 0.717) is 11.4 Å². The lowest BCUT2D eigenvalue weighted by Crippen LogP contribution is -2.11. The van der Waals surface area contributed by atoms with Gasteiger partial charge >= 0.3 is 0 Å². The molecule has 2 rings (SSSR count). The predicted octanol–water partition coefficient (Wildman–Crippen LogP) is 1.98. The van der Waals surface area contributed by atoms with E-state index < -0.39 is 0 Å². The van der Waals surface area contributed by atoms with Gasteiger partial charge in [0.1, 0.15) is 0 Å². The van der Waals surface area contributed by atoms with Crippen LogP contribution in [0.25, 0.3) is 0 Å². The molecule has 0 radical (unpaired) electrons. The number of ketones is 1. The van der Waals surface area contributed by atoms with Crippen molar-refractivity contribution >= 4 is 5.78 Å². The van der Waals surface area contributed by atoms with Gasteiger partial charge in [0.25, 0.3) is 0 Å². The quantitative estimate of drug-likeness (QED) is 0.795. The number of carbonyl (C=O) groups is 1. The molecule has 0 bridgehead atoms. The van der Waals surface area contributed by atoms with Gasteiger partial charge < -0.3 is 4.74 Å². The number of nitrogens with zero attached hydrogens (tertiary/aromatic N) is 1. The number of aromatic nitrogens is 2. The molecule has 0 unspecified atom stereocenters. The smallest absolute Gasteiger partial charge is 0.233 e. The van der Waals surface area contributed by atoms with E-state index in [0.717, 1.165) is 5.69 Å². The van der Waals surface area contributed by atoms with Crippen LogP contribution in [-0.4, -0.2) is 22.6 Å². The first kappa shape index (κ1) is 10.4. The molecule has 1 aromatic heterocycles. The lowest BCUT2D eigenvalue weighted by Gasteiger charge is -2.01. The zero-order valence-corrected chi connectivity index (χ0v) is 8.93. The van der Waals surface area contributed by atoms with Crippen LogP contribution in [0.1, 0.15) is 16.1 Å². The van der Waals surface area contributed by atoms with E-state index >= 15 is 0 Å². The molecule has 82 valence electrons. The fraction of sp³-hybridized carbons (Fsp3) is 0.167. The van der Waals surface area contributed by atoms with E-state index in [-0.39, 0.29) is 12.4 Å². The van der Waals surface area contributed by atoms with Crippen molar-refractivity contribution in [2.75, 3.05) is 6.61 Å². The molecule has 4 nitrogen and oxygen atoms in total. The lowest BCUT2D eigenvalue weighted by molar-refractivity contribution is 0.0918. The number of aromatic amines is 1. The Kier molecular flexibility index (Phi) is 3.00. The van der Waals surface area contributed by atoms with Crippen LogP contribution in [0.2, 0.25) is 0 Å². The second-order valence-electron chi connectivity index (χ2n) is 3.47. The average Bonchev–Trinajstić information content (AvgIpc) is 2.73. The summed E-state index contributed by atoms with van der Waals surface area (Å²) >= 11 is 0. The SMILES string of the molecule is Cc1cc(OCC(=O)c2ccccc2)n[nH]1. The maximum Gasteiger partial charge on any atom is 0.233 e. The van der Waals surface area contributed by atoms with Crippen molar-refractivity contribution in [2.24, 2.45) is 0 Å². The first-order valence-corrected chi connectivity index (χ1v) is 4.99. The van der Waals surface area contributed by atoms with Crippen LogP contribution in [0.15, 0.2) is 36.4 Å². The van der Waals surface area contributed by atoms with Crippen LogP contribution in [0.5, 0.6) is 5.88 Å². The Morgan fingerprint density at radius 3 is 2.75 bits per heavy atom. The van der Waals surface area contributed by atoms with E-state index in [9.17, 15) is 4.79 Å². The van der Waals surface area contributed by atoms with E-state index in [1.165, 1.54) is 0 Å². The van der Waals surface area contributed by atoms with E-state index in [4.69, 9.17) is 4.74 Å². The van der Waals surface area contributed by atoms with Crippen molar-refractivity contribution in [3.63, 3.8) is 0 Å². The van der Waals surface area contributed by atoms with Gasteiger partial charge in [-0.3, -0.25) is 9.89 Å². The number of aryl methyl sites for hydroxylation is 1. The van der Waals surface area contributed by atoms with Crippen LogP contribution in [-0.2, 0) is 0 Å². The van der Waals surface area contributed by atoms with E-state index in [1.807, 2.05) is 25.1 Å². The minimum Gasteiger partial charge on any atom is -0.468 e. The van der Waals surface area contributed by atoms with Crippen molar-refractivity contribution < 1.29 is 9.53 Å². The summed E-state index contributed by atoms with van der Waals surface area (Å²) in [7, 11) is 0. The van der Waals surface area contributed by atoms with Crippen molar-refractivity contribution in [1.29, 1.82) is 0 Å². The molecule has 0 saturated heterocycles. The normalized spacial score (nSPS) is 10.1. The van der Waals surface area contributed by atoms with Crippen molar-refractivity contribution in [1.82, 2.24) is 10.2 Å². The highest BCUT2D eigenvalue weighted by Crippen LogP contribution is 2.08. The summed E-state index contributed by atoms with van der Waals surface area (Å²) in [6.45, 7) is 1.88. The predicted molar refractivity (Wildman–Crippen MR) is 59.6 cm³/mol. The van der Waals surface area contributed by atoms with Crippen molar-refractivity contribution in [2.45, 2.75) is 6.92 Å². The first-order chi connectivity index (χ1) is 7.75. The van der Waals surface area contributed by atoms with E-state index in [1.54, 1.807) is 18.2 Å². The average molecular weight is 216 g/mol. The van der Waals surface area contributed by atoms with Gasteiger partial charge in [0.2, 0.25) is 5.88 Å². The molecule has 0 saturated carbocycles. The molecule has 2 aromatic rings. The number of Topliss-reactive ketones (excluding diaryl/α,β-unsaturated/α-hetero) is 1. The van der Waals surface area contributed by atoms with Crippen LogP contribution < -0.4 is 4.74 Å². The number of rotatable bonds is 4. The molecule has 0 aliphatic carbocycles. The number of benzene rings is 1. The Hall–Kier alpha value is -2.10. The summed E-state index contributed by atoms with van der Waals surface area (Å²) in [4.78, 5) is 11.7. The summed E-state index contributed by atoms with van der Waals surface area (Å²) in [6.07, 6.45) is 0. The molecule has 1 N–H and O–H groups in total. The van der Waals surface area contributed by atoms with Gasteiger partial charge in [-0.1, -0.05) is 30.3 Å². The number of nitrogens with one attached hydrogen (secondary N) is 1. The first-order valence-electron chi connectivity index (χ1n) is 4.99. The molecular formula is C12H12N2O2. The van der Waals surface area contributed by atoms with Gasteiger partial charge in [-0.05, 0) is 6.92 Å². The molecule has 1 aromatic carbocycles. The highest BCUT2D eigenvalue weighted by molar-refractivity contribution is 5.97. The largest absolute Gasteiger partial charge is 0.468 e. The Bertz CT molecular complexity index is 477. The monoisotopic (exact) mass is 216 g/mol. The zero-order valence-electron chi connectivity index (χ0n) is 8.93. The Morgan fingerprint density at radius 2 is 2.12 bits per heavy atom. The Morgan fingerprint density at radius 1 is 1.38 bits per heavy atom. The maximum atomic E-state index is 11.7. The third-order valence-corrected chi connectivity index (χ3v) is 2.13. The molecule has 16 heavy (non-hydrogen) atoms. The summed E-state index contributed by atoms with van der Waals surface area (Å²) in [5, 5.41) is 6.63. The minimum atomic E-state index is -0.0544. The van der Waals surface area contributed by atoms with Crippen molar-refractivity contribution in [3.05, 3.63) is 47.7 Å². The molecule has 0 atom stereocenters. The summed E-state index contributed by atoms with van der Waals surface area (Å²) in [5.74, 6) is 0.392. The highest BCUT2D eigenvalue weighted by atomic mass is 16.5. The topological polar surface area (TPSA) is 55.0 Å². The number of ether oxygens (including phenoxy) is 1. The van der Waals surface area contributed by atoms with Gasteiger partial charge in [0.05, 0.1) is 0 Å². The molecule has 4 heteroatoms. The molecule has 0 spiro atoms.